The predicted molar refractivity (Wildman–Crippen MR) is 74.0 cm³/mol. The first kappa shape index (κ1) is 11.5. The van der Waals surface area contributed by atoms with E-state index < -0.39 is 0 Å². The van der Waals surface area contributed by atoms with Gasteiger partial charge in [-0.25, -0.2) is 0 Å². The zero-order valence-corrected chi connectivity index (χ0v) is 10.6. The van der Waals surface area contributed by atoms with E-state index in [1.807, 2.05) is 19.1 Å². The van der Waals surface area contributed by atoms with Gasteiger partial charge < -0.3 is 10.3 Å². The van der Waals surface area contributed by atoms with E-state index in [1.54, 1.807) is 0 Å². The lowest BCUT2D eigenvalue weighted by Crippen LogP contribution is -2.11. The second kappa shape index (κ2) is 4.58. The van der Waals surface area contributed by atoms with E-state index in [0.29, 0.717) is 0 Å². The van der Waals surface area contributed by atoms with E-state index in [1.165, 1.54) is 12.0 Å². The zero-order chi connectivity index (χ0) is 12.5. The van der Waals surface area contributed by atoms with Crippen molar-refractivity contribution >= 4 is 10.9 Å². The van der Waals surface area contributed by atoms with Crippen molar-refractivity contribution in [2.24, 2.45) is 5.92 Å². The van der Waals surface area contributed by atoms with Crippen LogP contribution in [0, 0.1) is 12.8 Å². The normalized spacial score (nSPS) is 19.5. The smallest absolute Gasteiger partial charge is 0.251 e. The maximum absolute atomic E-state index is 11.5. The Labute approximate surface area is 106 Å². The van der Waals surface area contributed by atoms with Crippen molar-refractivity contribution < 1.29 is 0 Å². The highest BCUT2D eigenvalue weighted by atomic mass is 16.1. The van der Waals surface area contributed by atoms with E-state index in [2.05, 4.69) is 22.4 Å². The Morgan fingerprint density at radius 1 is 1.33 bits per heavy atom. The molecule has 0 spiro atoms. The van der Waals surface area contributed by atoms with Gasteiger partial charge in [-0.1, -0.05) is 6.07 Å². The summed E-state index contributed by atoms with van der Waals surface area (Å²) in [4.78, 5) is 14.4. The Kier molecular flexibility index (Phi) is 2.92. The Balaban J connectivity index is 1.94. The minimum Gasteiger partial charge on any atom is -0.322 e. The average molecular weight is 242 g/mol. The van der Waals surface area contributed by atoms with Crippen LogP contribution in [-0.4, -0.2) is 18.1 Å². The first-order chi connectivity index (χ1) is 8.72. The monoisotopic (exact) mass is 242 g/mol. The van der Waals surface area contributed by atoms with Gasteiger partial charge >= 0.3 is 0 Å². The number of hydrogen-bond donors (Lipinski definition) is 2. The summed E-state index contributed by atoms with van der Waals surface area (Å²) in [5.41, 5.74) is 3.08. The molecule has 1 aromatic heterocycles. The third kappa shape index (κ3) is 2.18. The van der Waals surface area contributed by atoms with Gasteiger partial charge in [-0.3, -0.25) is 4.79 Å². The molecule has 0 aliphatic carbocycles. The summed E-state index contributed by atoms with van der Waals surface area (Å²) in [5, 5.41) is 4.53. The molecule has 1 fully saturated rings. The average Bonchev–Trinajstić information content (AvgIpc) is 2.84. The molecular formula is C15H18N2O. The molecule has 1 atom stereocenters. The minimum absolute atomic E-state index is 0.00948. The van der Waals surface area contributed by atoms with E-state index in [4.69, 9.17) is 0 Å². The van der Waals surface area contributed by atoms with Gasteiger partial charge in [0.15, 0.2) is 0 Å². The van der Waals surface area contributed by atoms with E-state index >= 15 is 0 Å². The molecule has 1 aliphatic heterocycles. The highest BCUT2D eigenvalue weighted by molar-refractivity contribution is 5.79. The molecule has 0 radical (unpaired) electrons. The van der Waals surface area contributed by atoms with Crippen molar-refractivity contribution in [3.63, 3.8) is 0 Å². The molecular weight excluding hydrogens is 224 g/mol. The highest BCUT2D eigenvalue weighted by Gasteiger charge is 2.14. The molecule has 3 rings (SSSR count). The Hall–Kier alpha value is -1.61. The summed E-state index contributed by atoms with van der Waals surface area (Å²) in [6, 6.07) is 8.33. The first-order valence-electron chi connectivity index (χ1n) is 6.55. The summed E-state index contributed by atoms with van der Waals surface area (Å²) in [6.45, 7) is 4.12. The number of nitrogens with one attached hydrogen (secondary N) is 2. The molecule has 1 aromatic carbocycles. The van der Waals surface area contributed by atoms with Crippen LogP contribution < -0.4 is 10.9 Å². The third-order valence-corrected chi connectivity index (χ3v) is 3.78. The van der Waals surface area contributed by atoms with Crippen molar-refractivity contribution in [2.45, 2.75) is 19.8 Å². The van der Waals surface area contributed by atoms with Gasteiger partial charge in [0.05, 0.1) is 0 Å². The van der Waals surface area contributed by atoms with Crippen molar-refractivity contribution in [3.05, 3.63) is 45.7 Å². The molecule has 2 N–H and O–H groups in total. The fourth-order valence-electron chi connectivity index (χ4n) is 2.71. The van der Waals surface area contributed by atoms with E-state index in [-0.39, 0.29) is 5.56 Å². The SMILES string of the molecule is Cc1cc2cc(CC3CCNC3)ccc2[nH]c1=O. The van der Waals surface area contributed by atoms with Gasteiger partial charge in [-0.05, 0) is 67.9 Å². The van der Waals surface area contributed by atoms with Crippen molar-refractivity contribution in [2.75, 3.05) is 13.1 Å². The van der Waals surface area contributed by atoms with Crippen LogP contribution in [0.1, 0.15) is 17.5 Å². The number of H-pyrrole nitrogens is 1. The standard InChI is InChI=1S/C15H18N2O/c1-10-6-13-8-11(7-12-4-5-16-9-12)2-3-14(13)17-15(10)18/h2-3,6,8,12,16H,4-5,7,9H2,1H3,(H,17,18). The number of benzene rings is 1. The molecule has 3 nitrogen and oxygen atoms in total. The summed E-state index contributed by atoms with van der Waals surface area (Å²) in [7, 11) is 0. The maximum Gasteiger partial charge on any atom is 0.251 e. The molecule has 2 heterocycles. The van der Waals surface area contributed by atoms with Crippen LogP contribution in [0.2, 0.25) is 0 Å². The first-order valence-corrected chi connectivity index (χ1v) is 6.55. The second-order valence-corrected chi connectivity index (χ2v) is 5.27. The largest absolute Gasteiger partial charge is 0.322 e. The van der Waals surface area contributed by atoms with Gasteiger partial charge in [0.1, 0.15) is 0 Å². The maximum atomic E-state index is 11.5. The molecule has 18 heavy (non-hydrogen) atoms. The lowest BCUT2D eigenvalue weighted by molar-refractivity contribution is 0.580. The quantitative estimate of drug-likeness (QED) is 0.846. The zero-order valence-electron chi connectivity index (χ0n) is 10.6. The fraction of sp³-hybridized carbons (Fsp3) is 0.400. The van der Waals surface area contributed by atoms with Gasteiger partial charge in [0, 0.05) is 11.1 Å². The van der Waals surface area contributed by atoms with Crippen LogP contribution in [-0.2, 0) is 6.42 Å². The van der Waals surface area contributed by atoms with Crippen LogP contribution in [0.25, 0.3) is 10.9 Å². The minimum atomic E-state index is 0.00948. The van der Waals surface area contributed by atoms with E-state index in [0.717, 1.165) is 41.9 Å². The Morgan fingerprint density at radius 2 is 2.22 bits per heavy atom. The van der Waals surface area contributed by atoms with Gasteiger partial charge in [0.2, 0.25) is 0 Å². The van der Waals surface area contributed by atoms with Crippen LogP contribution in [0.4, 0.5) is 0 Å². The Bertz CT molecular complexity index is 624. The molecule has 0 amide bonds. The summed E-state index contributed by atoms with van der Waals surface area (Å²) < 4.78 is 0. The molecule has 3 heteroatoms. The third-order valence-electron chi connectivity index (χ3n) is 3.78. The van der Waals surface area contributed by atoms with Crippen molar-refractivity contribution in [3.8, 4) is 0 Å². The number of aromatic amines is 1. The van der Waals surface area contributed by atoms with Gasteiger partial charge in [0.25, 0.3) is 5.56 Å². The number of rotatable bonds is 2. The van der Waals surface area contributed by atoms with Gasteiger partial charge in [-0.2, -0.15) is 0 Å². The molecule has 1 saturated heterocycles. The predicted octanol–water partition coefficient (Wildman–Crippen LogP) is 1.99. The summed E-state index contributed by atoms with van der Waals surface area (Å²) in [6.07, 6.45) is 2.39. The number of aryl methyl sites for hydroxylation is 1. The van der Waals surface area contributed by atoms with Crippen molar-refractivity contribution in [1.82, 2.24) is 10.3 Å². The Morgan fingerprint density at radius 3 is 3.00 bits per heavy atom. The molecule has 2 aromatic rings. The number of pyridine rings is 1. The lowest BCUT2D eigenvalue weighted by Gasteiger charge is -2.09. The lowest BCUT2D eigenvalue weighted by atomic mass is 9.97. The van der Waals surface area contributed by atoms with Crippen LogP contribution >= 0.6 is 0 Å². The summed E-state index contributed by atoms with van der Waals surface area (Å²) >= 11 is 0. The van der Waals surface area contributed by atoms with Crippen LogP contribution in [0.3, 0.4) is 0 Å². The molecule has 1 unspecified atom stereocenters. The molecule has 0 saturated carbocycles. The van der Waals surface area contributed by atoms with Crippen LogP contribution in [0.5, 0.6) is 0 Å². The highest BCUT2D eigenvalue weighted by Crippen LogP contribution is 2.19. The van der Waals surface area contributed by atoms with Crippen LogP contribution in [0.15, 0.2) is 29.1 Å². The molecule has 0 bridgehead atoms. The second-order valence-electron chi connectivity index (χ2n) is 5.27. The fourth-order valence-corrected chi connectivity index (χ4v) is 2.71. The van der Waals surface area contributed by atoms with E-state index in [9.17, 15) is 4.79 Å². The topological polar surface area (TPSA) is 44.9 Å². The number of aromatic nitrogens is 1. The number of fused-ring (bicyclic) bond motifs is 1. The number of hydrogen-bond acceptors (Lipinski definition) is 2. The molecule has 1 aliphatic rings. The molecule has 94 valence electrons. The summed E-state index contributed by atoms with van der Waals surface area (Å²) in [5.74, 6) is 0.756. The van der Waals surface area contributed by atoms with Crippen molar-refractivity contribution in [1.29, 1.82) is 0 Å². The van der Waals surface area contributed by atoms with Gasteiger partial charge in [-0.15, -0.1) is 0 Å².